The highest BCUT2D eigenvalue weighted by Crippen LogP contribution is 2.27. The van der Waals surface area contributed by atoms with E-state index in [9.17, 15) is 9.59 Å². The van der Waals surface area contributed by atoms with Crippen molar-refractivity contribution in [1.82, 2.24) is 0 Å². The third-order valence-electron chi connectivity index (χ3n) is 3.14. The summed E-state index contributed by atoms with van der Waals surface area (Å²) in [7, 11) is 0. The molecule has 0 aromatic heterocycles. The molecule has 6 heteroatoms. The van der Waals surface area contributed by atoms with Gasteiger partial charge in [-0.25, -0.2) is 9.59 Å². The van der Waals surface area contributed by atoms with E-state index in [4.69, 9.17) is 32.7 Å². The molecule has 0 amide bonds. The summed E-state index contributed by atoms with van der Waals surface area (Å²) in [5.74, 6) is -1.09. The summed E-state index contributed by atoms with van der Waals surface area (Å²) >= 11 is 12.1. The van der Waals surface area contributed by atoms with E-state index in [1.165, 1.54) is 24.3 Å². The van der Waals surface area contributed by atoms with E-state index in [0.29, 0.717) is 11.1 Å². The Bertz CT molecular complexity index is 530. The first-order chi connectivity index (χ1) is 10.8. The molecule has 0 aliphatic carbocycles. The van der Waals surface area contributed by atoms with Gasteiger partial charge in [0.25, 0.3) is 0 Å². The normalized spacial score (nSPS) is 14.7. The predicted octanol–water partition coefficient (Wildman–Crippen LogP) is 5.22. The van der Waals surface area contributed by atoms with E-state index >= 15 is 0 Å². The van der Waals surface area contributed by atoms with Crippen LogP contribution in [0.4, 0.5) is 0 Å². The van der Waals surface area contributed by atoms with Gasteiger partial charge < -0.3 is 9.47 Å². The number of benzene rings is 1. The van der Waals surface area contributed by atoms with Crippen LogP contribution in [0.25, 0.3) is 0 Å². The van der Waals surface area contributed by atoms with Crippen LogP contribution in [0.5, 0.6) is 0 Å². The molecule has 0 spiro atoms. The minimum Gasteiger partial charge on any atom is -0.442 e. The number of halogens is 2. The monoisotopic (exact) mass is 374 g/mol. The van der Waals surface area contributed by atoms with E-state index in [1.54, 1.807) is 0 Å². The minimum atomic E-state index is -0.751. The fourth-order valence-corrected chi connectivity index (χ4v) is 1.58. The molecular formula is C18H24Cl2O4. The van der Waals surface area contributed by atoms with Crippen molar-refractivity contribution in [3.8, 4) is 0 Å². The molecular weight excluding hydrogens is 351 g/mol. The van der Waals surface area contributed by atoms with Crippen LogP contribution in [0.15, 0.2) is 24.3 Å². The molecule has 1 aromatic carbocycles. The Hall–Kier alpha value is -1.26. The largest absolute Gasteiger partial charge is 0.442 e. The molecule has 0 N–H and O–H groups in total. The van der Waals surface area contributed by atoms with Crippen molar-refractivity contribution in [2.45, 2.75) is 52.7 Å². The lowest BCUT2D eigenvalue weighted by Gasteiger charge is -2.25. The van der Waals surface area contributed by atoms with Crippen LogP contribution in [-0.2, 0) is 9.47 Å². The van der Waals surface area contributed by atoms with E-state index in [0.717, 1.165) is 0 Å². The Morgan fingerprint density at radius 1 is 0.750 bits per heavy atom. The van der Waals surface area contributed by atoms with Crippen LogP contribution in [0.2, 0.25) is 0 Å². The summed E-state index contributed by atoms with van der Waals surface area (Å²) in [6.45, 7) is 11.2. The van der Waals surface area contributed by atoms with E-state index in [-0.39, 0.29) is 10.8 Å². The number of esters is 2. The van der Waals surface area contributed by atoms with Gasteiger partial charge in [-0.2, -0.15) is 0 Å². The Balaban J connectivity index is 2.75. The molecule has 0 fully saturated rings. The highest BCUT2D eigenvalue weighted by atomic mass is 35.5. The smallest absolute Gasteiger partial charge is 0.339 e. The summed E-state index contributed by atoms with van der Waals surface area (Å²) in [4.78, 5) is 24.1. The lowest BCUT2D eigenvalue weighted by molar-refractivity contribution is 0.0241. The number of rotatable bonds is 4. The van der Waals surface area contributed by atoms with Crippen LogP contribution in [0.3, 0.4) is 0 Å². The first-order valence-electron chi connectivity index (χ1n) is 7.62. The first-order valence-corrected chi connectivity index (χ1v) is 8.50. The van der Waals surface area contributed by atoms with Gasteiger partial charge in [0.05, 0.1) is 11.1 Å². The highest BCUT2D eigenvalue weighted by molar-refractivity contribution is 6.21. The summed E-state index contributed by atoms with van der Waals surface area (Å²) < 4.78 is 10.4. The van der Waals surface area contributed by atoms with Gasteiger partial charge in [-0.1, -0.05) is 64.7 Å². The van der Waals surface area contributed by atoms with Crippen LogP contribution in [0.1, 0.15) is 62.3 Å². The molecule has 2 unspecified atom stereocenters. The quantitative estimate of drug-likeness (QED) is 0.535. The van der Waals surface area contributed by atoms with Gasteiger partial charge in [-0.15, -0.1) is 0 Å². The number of ether oxygens (including phenoxy) is 2. The van der Waals surface area contributed by atoms with Gasteiger partial charge in [0.15, 0.2) is 11.1 Å². The summed E-state index contributed by atoms with van der Waals surface area (Å²) in [6, 6.07) is 5.97. The van der Waals surface area contributed by atoms with Gasteiger partial charge >= 0.3 is 11.9 Å². The predicted molar refractivity (Wildman–Crippen MR) is 95.5 cm³/mol. The maximum atomic E-state index is 12.0. The zero-order valence-electron chi connectivity index (χ0n) is 14.9. The standard InChI is InChI=1S/C18H24Cl2O4/c1-17(2,3)15(19)23-13(21)11-7-9-12(10-8-11)14(22)24-16(20)18(4,5)6/h7-10,15-16H,1-6H3. The second kappa shape index (κ2) is 7.75. The van der Waals surface area contributed by atoms with Crippen LogP contribution in [0, 0.1) is 10.8 Å². The second-order valence-corrected chi connectivity index (χ2v) is 8.54. The maximum absolute atomic E-state index is 12.0. The SMILES string of the molecule is CC(C)(C)C(Cl)OC(=O)c1ccc(C(=O)OC(Cl)C(C)(C)C)cc1. The molecule has 0 radical (unpaired) electrons. The number of carbonyl (C=O) groups excluding carboxylic acids is 2. The topological polar surface area (TPSA) is 52.6 Å². The second-order valence-electron chi connectivity index (χ2n) is 7.75. The fraction of sp³-hybridized carbons (Fsp3) is 0.556. The number of carbonyl (C=O) groups is 2. The highest BCUT2D eigenvalue weighted by Gasteiger charge is 2.28. The van der Waals surface area contributed by atoms with Crippen molar-refractivity contribution in [3.63, 3.8) is 0 Å². The van der Waals surface area contributed by atoms with Crippen LogP contribution >= 0.6 is 23.2 Å². The molecule has 134 valence electrons. The van der Waals surface area contributed by atoms with E-state index in [1.807, 2.05) is 41.5 Å². The lowest BCUT2D eigenvalue weighted by Crippen LogP contribution is -2.27. The molecule has 1 aromatic rings. The van der Waals surface area contributed by atoms with Gasteiger partial charge in [0.1, 0.15) is 0 Å². The van der Waals surface area contributed by atoms with Crippen molar-refractivity contribution < 1.29 is 19.1 Å². The Morgan fingerprint density at radius 2 is 1.00 bits per heavy atom. The van der Waals surface area contributed by atoms with Crippen LogP contribution < -0.4 is 0 Å². The molecule has 0 saturated carbocycles. The zero-order valence-corrected chi connectivity index (χ0v) is 16.4. The van der Waals surface area contributed by atoms with Gasteiger partial charge in [-0.05, 0) is 24.3 Å². The summed E-state index contributed by atoms with van der Waals surface area (Å²) in [5.41, 5.74) is -1.64. The molecule has 0 bridgehead atoms. The molecule has 0 aliphatic rings. The molecule has 2 atom stereocenters. The molecule has 1 rings (SSSR count). The van der Waals surface area contributed by atoms with E-state index < -0.39 is 23.1 Å². The third-order valence-corrected chi connectivity index (χ3v) is 4.63. The zero-order chi connectivity index (χ0) is 18.7. The Labute approximate surface area is 153 Å². The first kappa shape index (κ1) is 20.8. The number of alkyl halides is 2. The van der Waals surface area contributed by atoms with Crippen molar-refractivity contribution in [2.75, 3.05) is 0 Å². The van der Waals surface area contributed by atoms with Crippen molar-refractivity contribution in [1.29, 1.82) is 0 Å². The molecule has 24 heavy (non-hydrogen) atoms. The van der Waals surface area contributed by atoms with Crippen molar-refractivity contribution in [3.05, 3.63) is 35.4 Å². The molecule has 4 nitrogen and oxygen atoms in total. The third kappa shape index (κ3) is 5.99. The van der Waals surface area contributed by atoms with Gasteiger partial charge in [0.2, 0.25) is 0 Å². The van der Waals surface area contributed by atoms with Crippen molar-refractivity contribution in [2.24, 2.45) is 10.8 Å². The summed E-state index contributed by atoms with van der Waals surface area (Å²) in [6.07, 6.45) is 0. The summed E-state index contributed by atoms with van der Waals surface area (Å²) in [5, 5.41) is 0. The molecule has 0 heterocycles. The fourth-order valence-electron chi connectivity index (χ4n) is 1.42. The number of hydrogen-bond acceptors (Lipinski definition) is 4. The molecule has 0 aliphatic heterocycles. The average molecular weight is 375 g/mol. The van der Waals surface area contributed by atoms with Crippen LogP contribution in [-0.4, -0.2) is 23.1 Å². The lowest BCUT2D eigenvalue weighted by atomic mass is 9.98. The Morgan fingerprint density at radius 3 is 1.21 bits per heavy atom. The van der Waals surface area contributed by atoms with E-state index in [2.05, 4.69) is 0 Å². The Kier molecular flexibility index (Phi) is 6.71. The van der Waals surface area contributed by atoms with Gasteiger partial charge in [0, 0.05) is 10.8 Å². The van der Waals surface area contributed by atoms with Gasteiger partial charge in [-0.3, -0.25) is 0 Å². The average Bonchev–Trinajstić information content (AvgIpc) is 2.45. The van der Waals surface area contributed by atoms with Crippen molar-refractivity contribution >= 4 is 35.1 Å². The maximum Gasteiger partial charge on any atom is 0.339 e. The minimum absolute atomic E-state index is 0.305. The molecule has 0 saturated heterocycles. The number of hydrogen-bond donors (Lipinski definition) is 0.